The smallest absolute Gasteiger partial charge is 0.413 e. The van der Waals surface area contributed by atoms with Crippen LogP contribution >= 0.6 is 11.3 Å². The number of alkyl carbamates (subject to hydrolysis) is 1. The van der Waals surface area contributed by atoms with Crippen LogP contribution in [0.2, 0.25) is 0 Å². The predicted molar refractivity (Wildman–Crippen MR) is 99.7 cm³/mol. The van der Waals surface area contributed by atoms with E-state index in [1.807, 2.05) is 0 Å². The summed E-state index contributed by atoms with van der Waals surface area (Å²) in [5, 5.41) is 5.09. The van der Waals surface area contributed by atoms with E-state index in [2.05, 4.69) is 22.3 Å². The molecule has 2 N–H and O–H groups in total. The summed E-state index contributed by atoms with van der Waals surface area (Å²) in [7, 11) is 1.16. The highest BCUT2D eigenvalue weighted by Gasteiger charge is 2.29. The predicted octanol–water partition coefficient (Wildman–Crippen LogP) is 3.76. The fourth-order valence-electron chi connectivity index (χ4n) is 3.10. The van der Waals surface area contributed by atoms with Gasteiger partial charge in [0.15, 0.2) is 0 Å². The maximum absolute atomic E-state index is 13.9. The molecule has 1 aromatic carbocycles. The third-order valence-corrected chi connectivity index (χ3v) is 5.66. The number of fused-ring (bicyclic) bond motifs is 1. The topological polar surface area (TPSA) is 84.5 Å². The number of imide groups is 1. The van der Waals surface area contributed by atoms with Crippen LogP contribution in [0.25, 0.3) is 0 Å². The lowest BCUT2D eigenvalue weighted by molar-refractivity contribution is 0.0937. The Hall–Kier alpha value is -2.74. The van der Waals surface area contributed by atoms with Gasteiger partial charge in [0, 0.05) is 4.88 Å². The van der Waals surface area contributed by atoms with Crippen molar-refractivity contribution < 1.29 is 23.5 Å². The second kappa shape index (κ2) is 7.87. The number of anilines is 1. The minimum absolute atomic E-state index is 0.114. The van der Waals surface area contributed by atoms with Crippen molar-refractivity contribution in [1.82, 2.24) is 5.32 Å². The normalized spacial score (nSPS) is 15.6. The second-order valence-corrected chi connectivity index (χ2v) is 7.54. The molecule has 1 aliphatic carbocycles. The second-order valence-electron chi connectivity index (χ2n) is 6.44. The average Bonchev–Trinajstić information content (AvgIpc) is 2.98. The monoisotopic (exact) mass is 390 g/mol. The molecule has 2 aromatic rings. The number of benzene rings is 1. The highest BCUT2D eigenvalue weighted by Crippen LogP contribution is 2.39. The number of halogens is 1. The van der Waals surface area contributed by atoms with Crippen molar-refractivity contribution in [3.8, 4) is 0 Å². The van der Waals surface area contributed by atoms with Crippen LogP contribution in [0.1, 0.15) is 44.5 Å². The number of carbonyl (C=O) groups is 3. The van der Waals surface area contributed by atoms with Crippen molar-refractivity contribution >= 4 is 34.2 Å². The molecule has 0 bridgehead atoms. The Morgan fingerprint density at radius 1 is 1.22 bits per heavy atom. The minimum atomic E-state index is -0.879. The highest BCUT2D eigenvalue weighted by atomic mass is 32.1. The van der Waals surface area contributed by atoms with E-state index in [1.165, 1.54) is 29.5 Å². The third kappa shape index (κ3) is 4.00. The molecule has 1 heterocycles. The van der Waals surface area contributed by atoms with Gasteiger partial charge < -0.3 is 10.1 Å². The summed E-state index contributed by atoms with van der Waals surface area (Å²) in [5.41, 5.74) is 0.955. The Kier molecular flexibility index (Phi) is 5.55. The van der Waals surface area contributed by atoms with E-state index in [4.69, 9.17) is 0 Å². The molecule has 1 aliphatic rings. The largest absolute Gasteiger partial charge is 0.453 e. The molecule has 27 heavy (non-hydrogen) atoms. The first-order chi connectivity index (χ1) is 12.9. The molecule has 3 rings (SSSR count). The van der Waals surface area contributed by atoms with Gasteiger partial charge in [0.25, 0.3) is 11.8 Å². The summed E-state index contributed by atoms with van der Waals surface area (Å²) >= 11 is 1.29. The van der Waals surface area contributed by atoms with Gasteiger partial charge in [-0.25, -0.2) is 9.18 Å². The van der Waals surface area contributed by atoms with Crippen molar-refractivity contribution in [3.05, 3.63) is 51.7 Å². The maximum atomic E-state index is 13.9. The van der Waals surface area contributed by atoms with E-state index in [9.17, 15) is 18.8 Å². The molecule has 0 fully saturated rings. The number of amides is 3. The van der Waals surface area contributed by atoms with E-state index >= 15 is 0 Å². The van der Waals surface area contributed by atoms with Crippen LogP contribution in [0.15, 0.2) is 24.3 Å². The zero-order valence-corrected chi connectivity index (χ0v) is 15.7. The zero-order valence-electron chi connectivity index (χ0n) is 14.9. The van der Waals surface area contributed by atoms with Crippen LogP contribution in [0.4, 0.5) is 14.2 Å². The van der Waals surface area contributed by atoms with Crippen LogP contribution in [-0.2, 0) is 17.6 Å². The first-order valence-electron chi connectivity index (χ1n) is 8.50. The van der Waals surface area contributed by atoms with Gasteiger partial charge in [-0.1, -0.05) is 19.1 Å². The SMILES string of the molecule is COC(=O)NC(=O)c1c(NC(=O)c2ccccc2F)sc2c1CC[C@H](C)C2. The molecule has 8 heteroatoms. The first kappa shape index (κ1) is 19.0. The number of ether oxygens (including phenoxy) is 1. The van der Waals surface area contributed by atoms with Crippen LogP contribution < -0.4 is 10.6 Å². The van der Waals surface area contributed by atoms with Crippen LogP contribution in [0, 0.1) is 11.7 Å². The average molecular weight is 390 g/mol. The van der Waals surface area contributed by atoms with Crippen molar-refractivity contribution in [2.24, 2.45) is 5.92 Å². The fourth-order valence-corrected chi connectivity index (χ4v) is 4.50. The molecule has 0 saturated heterocycles. The van der Waals surface area contributed by atoms with E-state index in [-0.39, 0.29) is 11.1 Å². The number of hydrogen-bond acceptors (Lipinski definition) is 5. The molecular formula is C19H19FN2O4S. The third-order valence-electron chi connectivity index (χ3n) is 4.49. The lowest BCUT2D eigenvalue weighted by atomic mass is 9.88. The Bertz CT molecular complexity index is 909. The molecule has 142 valence electrons. The van der Waals surface area contributed by atoms with E-state index in [0.29, 0.717) is 17.3 Å². The molecule has 0 aliphatic heterocycles. The molecular weight excluding hydrogens is 371 g/mol. The van der Waals surface area contributed by atoms with E-state index < -0.39 is 23.7 Å². The van der Waals surface area contributed by atoms with Crippen LogP contribution in [0.5, 0.6) is 0 Å². The summed E-state index contributed by atoms with van der Waals surface area (Å²) in [6, 6.07) is 5.62. The lowest BCUT2D eigenvalue weighted by Gasteiger charge is -2.18. The van der Waals surface area contributed by atoms with Gasteiger partial charge in [-0.3, -0.25) is 14.9 Å². The Morgan fingerprint density at radius 3 is 2.67 bits per heavy atom. The number of hydrogen-bond donors (Lipinski definition) is 2. The van der Waals surface area contributed by atoms with Gasteiger partial charge in [0.05, 0.1) is 18.2 Å². The number of methoxy groups -OCH3 is 1. The Balaban J connectivity index is 1.96. The van der Waals surface area contributed by atoms with Crippen LogP contribution in [0.3, 0.4) is 0 Å². The Morgan fingerprint density at radius 2 is 1.96 bits per heavy atom. The van der Waals surface area contributed by atoms with Crippen molar-refractivity contribution in [2.75, 3.05) is 12.4 Å². The molecule has 3 amide bonds. The lowest BCUT2D eigenvalue weighted by Crippen LogP contribution is -2.31. The minimum Gasteiger partial charge on any atom is -0.453 e. The molecule has 6 nitrogen and oxygen atoms in total. The molecule has 1 aromatic heterocycles. The van der Waals surface area contributed by atoms with Crippen molar-refractivity contribution in [3.63, 3.8) is 0 Å². The maximum Gasteiger partial charge on any atom is 0.413 e. The quantitative estimate of drug-likeness (QED) is 0.836. The van der Waals surface area contributed by atoms with Crippen LogP contribution in [-0.4, -0.2) is 25.0 Å². The number of nitrogens with one attached hydrogen (secondary N) is 2. The van der Waals surface area contributed by atoms with Gasteiger partial charge in [0.2, 0.25) is 0 Å². The van der Waals surface area contributed by atoms with Gasteiger partial charge in [-0.05, 0) is 42.9 Å². The summed E-state index contributed by atoms with van der Waals surface area (Å²) in [6.07, 6.45) is 1.49. The summed E-state index contributed by atoms with van der Waals surface area (Å²) in [4.78, 5) is 37.5. The highest BCUT2D eigenvalue weighted by molar-refractivity contribution is 7.17. The zero-order chi connectivity index (χ0) is 19.6. The summed E-state index contributed by atoms with van der Waals surface area (Å²) < 4.78 is 18.4. The van der Waals surface area contributed by atoms with Crippen molar-refractivity contribution in [1.29, 1.82) is 0 Å². The first-order valence-corrected chi connectivity index (χ1v) is 9.32. The summed E-state index contributed by atoms with van der Waals surface area (Å²) in [5.74, 6) is -1.47. The van der Waals surface area contributed by atoms with Gasteiger partial charge >= 0.3 is 6.09 Å². The number of rotatable bonds is 3. The molecule has 0 spiro atoms. The standard InChI is InChI=1S/C19H19FN2O4S/c1-10-7-8-12-14(9-10)27-18(15(12)17(24)22-19(25)26-2)21-16(23)11-5-3-4-6-13(11)20/h3-6,10H,7-9H2,1-2H3,(H,21,23)(H,22,24,25)/t10-/m0/s1. The van der Waals surface area contributed by atoms with Gasteiger partial charge in [0.1, 0.15) is 10.8 Å². The van der Waals surface area contributed by atoms with E-state index in [0.717, 1.165) is 30.4 Å². The molecule has 0 radical (unpaired) electrons. The number of thiophene rings is 1. The Labute approximate surface area is 159 Å². The van der Waals surface area contributed by atoms with E-state index in [1.54, 1.807) is 6.07 Å². The summed E-state index contributed by atoms with van der Waals surface area (Å²) in [6.45, 7) is 2.12. The molecule has 0 unspecified atom stereocenters. The molecule has 0 saturated carbocycles. The number of carbonyl (C=O) groups excluding carboxylic acids is 3. The van der Waals surface area contributed by atoms with Crippen molar-refractivity contribution in [2.45, 2.75) is 26.2 Å². The molecule has 1 atom stereocenters. The van der Waals surface area contributed by atoms with Gasteiger partial charge in [-0.2, -0.15) is 0 Å². The fraction of sp³-hybridized carbons (Fsp3) is 0.316. The van der Waals surface area contributed by atoms with Gasteiger partial charge in [-0.15, -0.1) is 11.3 Å².